The predicted octanol–water partition coefficient (Wildman–Crippen LogP) is 2.77. The van der Waals surface area contributed by atoms with Gasteiger partial charge < -0.3 is 10.6 Å². The summed E-state index contributed by atoms with van der Waals surface area (Å²) in [4.78, 5) is 13.8. The normalized spacial score (nSPS) is 19.5. The maximum atomic E-state index is 12.8. The monoisotopic (exact) mass is 330 g/mol. The van der Waals surface area contributed by atoms with Crippen molar-refractivity contribution in [2.75, 3.05) is 0 Å². The molecule has 1 atom stereocenters. The van der Waals surface area contributed by atoms with Gasteiger partial charge in [0.2, 0.25) is 0 Å². The van der Waals surface area contributed by atoms with E-state index in [9.17, 15) is 9.18 Å². The molecule has 0 saturated heterocycles. The summed E-state index contributed by atoms with van der Waals surface area (Å²) in [7, 11) is 0. The highest BCUT2D eigenvalue weighted by Crippen LogP contribution is 2.41. The first kappa shape index (κ1) is 13.4. The summed E-state index contributed by atoms with van der Waals surface area (Å²) in [5.41, 5.74) is 7.14. The topological polar surface area (TPSA) is 46.3 Å². The van der Waals surface area contributed by atoms with Crippen LogP contribution in [0.25, 0.3) is 0 Å². The number of halogens is 2. The quantitative estimate of drug-likeness (QED) is 0.684. The molecule has 0 bridgehead atoms. The van der Waals surface area contributed by atoms with Crippen molar-refractivity contribution in [1.29, 1.82) is 0 Å². The van der Waals surface area contributed by atoms with Gasteiger partial charge in [-0.25, -0.2) is 4.39 Å². The van der Waals surface area contributed by atoms with Crippen molar-refractivity contribution in [3.05, 3.63) is 46.2 Å². The van der Waals surface area contributed by atoms with Gasteiger partial charge in [-0.15, -0.1) is 0 Å². The van der Waals surface area contributed by atoms with Gasteiger partial charge in [0.05, 0.1) is 4.91 Å². The summed E-state index contributed by atoms with van der Waals surface area (Å²) in [5.74, 6) is -0.668. The summed E-state index contributed by atoms with van der Waals surface area (Å²) < 4.78 is 12.8. The minimum absolute atomic E-state index is 0.0231. The molecular formula is C12H12BrFN2OS. The lowest BCUT2D eigenvalue weighted by atomic mass is 10.2. The van der Waals surface area contributed by atoms with Gasteiger partial charge in [-0.3, -0.25) is 4.79 Å². The zero-order chi connectivity index (χ0) is 13.3. The van der Waals surface area contributed by atoms with Gasteiger partial charge >= 0.3 is 0 Å². The SMILES string of the molecule is CC1=C(C(N)=O)SC(Br)N1Cc1ccc(F)cc1. The van der Waals surface area contributed by atoms with E-state index in [4.69, 9.17) is 5.73 Å². The molecule has 1 heterocycles. The van der Waals surface area contributed by atoms with Crippen molar-refractivity contribution in [3.8, 4) is 0 Å². The molecule has 0 aliphatic carbocycles. The number of thioether (sulfide) groups is 1. The fourth-order valence-corrected chi connectivity index (χ4v) is 3.71. The molecule has 1 aliphatic rings. The third-order valence-electron chi connectivity index (χ3n) is 2.71. The van der Waals surface area contributed by atoms with Gasteiger partial charge in [0, 0.05) is 12.2 Å². The lowest BCUT2D eigenvalue weighted by molar-refractivity contribution is -0.114. The molecule has 0 aromatic heterocycles. The van der Waals surface area contributed by atoms with E-state index in [1.54, 1.807) is 12.1 Å². The number of allylic oxidation sites excluding steroid dienone is 1. The van der Waals surface area contributed by atoms with Crippen LogP contribution < -0.4 is 5.73 Å². The van der Waals surface area contributed by atoms with Crippen LogP contribution in [0.15, 0.2) is 34.9 Å². The van der Waals surface area contributed by atoms with E-state index < -0.39 is 5.91 Å². The Morgan fingerprint density at radius 3 is 2.61 bits per heavy atom. The molecule has 18 heavy (non-hydrogen) atoms. The second kappa shape index (κ2) is 5.32. The Morgan fingerprint density at radius 2 is 2.11 bits per heavy atom. The Bertz CT molecular complexity index is 503. The number of primary amides is 1. The number of hydrogen-bond donors (Lipinski definition) is 1. The second-order valence-corrected chi connectivity index (χ2v) is 6.51. The molecule has 0 saturated carbocycles. The van der Waals surface area contributed by atoms with Crippen LogP contribution in [0.2, 0.25) is 0 Å². The number of alkyl halides is 1. The van der Waals surface area contributed by atoms with Crippen LogP contribution in [-0.2, 0) is 11.3 Å². The summed E-state index contributed by atoms with van der Waals surface area (Å²) in [6, 6.07) is 6.32. The third-order valence-corrected chi connectivity index (χ3v) is 4.95. The lowest BCUT2D eigenvalue weighted by Gasteiger charge is -2.23. The average molecular weight is 331 g/mol. The summed E-state index contributed by atoms with van der Waals surface area (Å²) >= 11 is 4.88. The van der Waals surface area contributed by atoms with Crippen molar-refractivity contribution < 1.29 is 9.18 Å². The molecule has 1 aliphatic heterocycles. The van der Waals surface area contributed by atoms with Gasteiger partial charge in [0.15, 0.2) is 0 Å². The van der Waals surface area contributed by atoms with Crippen molar-refractivity contribution in [1.82, 2.24) is 4.90 Å². The minimum Gasteiger partial charge on any atom is -0.365 e. The van der Waals surface area contributed by atoms with Crippen LogP contribution in [0.5, 0.6) is 0 Å². The largest absolute Gasteiger partial charge is 0.365 e. The number of amides is 1. The first-order valence-corrected chi connectivity index (χ1v) is 7.11. The first-order valence-electron chi connectivity index (χ1n) is 5.31. The molecule has 96 valence electrons. The molecular weight excluding hydrogens is 319 g/mol. The molecule has 0 fully saturated rings. The molecule has 3 nitrogen and oxygen atoms in total. The van der Waals surface area contributed by atoms with Crippen LogP contribution in [0.1, 0.15) is 12.5 Å². The standard InChI is InChI=1S/C12H12BrFN2OS/c1-7-10(11(15)17)18-12(13)16(7)6-8-2-4-9(14)5-3-8/h2-5,12H,6H2,1H3,(H2,15,17). The number of carbonyl (C=O) groups excluding carboxylic acids is 1. The third kappa shape index (κ3) is 2.70. The second-order valence-electron chi connectivity index (χ2n) is 3.94. The van der Waals surface area contributed by atoms with Crippen molar-refractivity contribution in [3.63, 3.8) is 0 Å². The van der Waals surface area contributed by atoms with E-state index in [0.717, 1.165) is 11.3 Å². The first-order chi connectivity index (χ1) is 8.49. The van der Waals surface area contributed by atoms with Crippen molar-refractivity contribution >= 4 is 33.6 Å². The van der Waals surface area contributed by atoms with Crippen LogP contribution in [0, 0.1) is 5.82 Å². The van der Waals surface area contributed by atoms with E-state index in [2.05, 4.69) is 15.9 Å². The molecule has 0 spiro atoms. The minimum atomic E-state index is -0.413. The van der Waals surface area contributed by atoms with Crippen LogP contribution >= 0.6 is 27.7 Å². The summed E-state index contributed by atoms with van der Waals surface area (Å²) in [6.45, 7) is 2.46. The number of nitrogens with two attached hydrogens (primary N) is 1. The van der Waals surface area contributed by atoms with Crippen LogP contribution in [0.3, 0.4) is 0 Å². The number of carbonyl (C=O) groups is 1. The van der Waals surface area contributed by atoms with Crippen molar-refractivity contribution in [2.45, 2.75) is 17.8 Å². The van der Waals surface area contributed by atoms with E-state index in [1.165, 1.54) is 23.9 Å². The van der Waals surface area contributed by atoms with Gasteiger partial charge in [-0.2, -0.15) is 0 Å². The molecule has 1 aromatic carbocycles. The number of rotatable bonds is 3. The van der Waals surface area contributed by atoms with Gasteiger partial charge in [-0.05, 0) is 24.6 Å². The van der Waals surface area contributed by atoms with E-state index in [-0.39, 0.29) is 10.1 Å². The average Bonchev–Trinajstić information content (AvgIpc) is 2.60. The van der Waals surface area contributed by atoms with E-state index in [1.807, 2.05) is 11.8 Å². The van der Waals surface area contributed by atoms with Gasteiger partial charge in [0.25, 0.3) is 5.91 Å². The summed E-state index contributed by atoms with van der Waals surface area (Å²) in [5, 5.41) is 0. The van der Waals surface area contributed by atoms with Crippen LogP contribution in [-0.4, -0.2) is 15.1 Å². The molecule has 0 radical (unpaired) electrons. The maximum Gasteiger partial charge on any atom is 0.256 e. The Balaban J connectivity index is 2.18. The fourth-order valence-electron chi connectivity index (χ4n) is 1.74. The highest BCUT2D eigenvalue weighted by Gasteiger charge is 2.30. The summed E-state index contributed by atoms with van der Waals surface area (Å²) in [6.07, 6.45) is 0. The van der Waals surface area contributed by atoms with E-state index >= 15 is 0 Å². The lowest BCUT2D eigenvalue weighted by Crippen LogP contribution is -2.22. The Kier molecular flexibility index (Phi) is 3.97. The zero-order valence-electron chi connectivity index (χ0n) is 9.69. The number of hydrogen-bond acceptors (Lipinski definition) is 3. The number of nitrogens with zero attached hydrogens (tertiary/aromatic N) is 1. The Labute approximate surface area is 117 Å². The van der Waals surface area contributed by atoms with Gasteiger partial charge in [0.1, 0.15) is 10.1 Å². The molecule has 6 heteroatoms. The Hall–Kier alpha value is -1.01. The number of benzene rings is 1. The highest BCUT2D eigenvalue weighted by molar-refractivity contribution is 9.11. The molecule has 2 N–H and O–H groups in total. The maximum absolute atomic E-state index is 12.8. The van der Waals surface area contributed by atoms with Gasteiger partial charge in [-0.1, -0.05) is 39.8 Å². The zero-order valence-corrected chi connectivity index (χ0v) is 12.1. The fraction of sp³-hybridized carbons (Fsp3) is 0.250. The Morgan fingerprint density at radius 1 is 1.50 bits per heavy atom. The molecule has 1 aromatic rings. The predicted molar refractivity (Wildman–Crippen MR) is 74.1 cm³/mol. The van der Waals surface area contributed by atoms with Crippen molar-refractivity contribution in [2.24, 2.45) is 5.73 Å². The smallest absolute Gasteiger partial charge is 0.256 e. The van der Waals surface area contributed by atoms with Crippen LogP contribution in [0.4, 0.5) is 4.39 Å². The molecule has 2 rings (SSSR count). The molecule has 1 unspecified atom stereocenters. The molecule has 1 amide bonds. The van der Waals surface area contributed by atoms with E-state index in [0.29, 0.717) is 11.4 Å². The highest BCUT2D eigenvalue weighted by atomic mass is 79.9.